The van der Waals surface area contributed by atoms with Crippen LogP contribution in [0.3, 0.4) is 0 Å². The minimum Gasteiger partial charge on any atom is -0.370 e. The SMILES string of the molecule is CN=C(NCCSCc1csc(N=C(N)N)n1)NS(=O)(=O)c1cccc(S(=O)(=O)NC)c1. The zero-order chi connectivity index (χ0) is 23.8. The van der Waals surface area contributed by atoms with E-state index in [1.165, 1.54) is 43.6 Å². The van der Waals surface area contributed by atoms with E-state index in [-0.39, 0.29) is 21.7 Å². The average Bonchev–Trinajstić information content (AvgIpc) is 3.19. The summed E-state index contributed by atoms with van der Waals surface area (Å²) < 4.78 is 53.6. The van der Waals surface area contributed by atoms with Crippen molar-refractivity contribution in [3.63, 3.8) is 0 Å². The minimum absolute atomic E-state index is 0.0381. The first kappa shape index (κ1) is 25.9. The summed E-state index contributed by atoms with van der Waals surface area (Å²) in [7, 11) is -5.14. The van der Waals surface area contributed by atoms with E-state index < -0.39 is 20.0 Å². The third kappa shape index (κ3) is 7.63. The van der Waals surface area contributed by atoms with Gasteiger partial charge in [0.25, 0.3) is 10.0 Å². The number of benzene rings is 1. The Labute approximate surface area is 195 Å². The zero-order valence-corrected chi connectivity index (χ0v) is 20.5. The molecular weight excluding hydrogens is 496 g/mol. The Morgan fingerprint density at radius 3 is 2.50 bits per heavy atom. The van der Waals surface area contributed by atoms with Crippen LogP contribution in [0.4, 0.5) is 5.13 Å². The zero-order valence-electron chi connectivity index (χ0n) is 17.3. The number of hydrogen-bond acceptors (Lipinski definition) is 9. The Morgan fingerprint density at radius 2 is 1.88 bits per heavy atom. The van der Waals surface area contributed by atoms with Gasteiger partial charge in [-0.2, -0.15) is 16.8 Å². The third-order valence-corrected chi connectivity index (χ3v) is 8.23. The molecule has 2 aromatic rings. The highest BCUT2D eigenvalue weighted by Crippen LogP contribution is 2.21. The molecule has 0 unspecified atom stereocenters. The van der Waals surface area contributed by atoms with Gasteiger partial charge in [0, 0.05) is 30.5 Å². The maximum absolute atomic E-state index is 12.6. The first-order chi connectivity index (χ1) is 15.1. The number of aromatic nitrogens is 1. The Hall–Kier alpha value is -2.40. The number of aliphatic imine (C=N–C) groups is 2. The second-order valence-corrected chi connectivity index (χ2v) is 11.5. The lowest BCUT2D eigenvalue weighted by Crippen LogP contribution is -2.41. The van der Waals surface area contributed by atoms with Gasteiger partial charge in [-0.15, -0.1) is 11.3 Å². The molecule has 0 aliphatic heterocycles. The van der Waals surface area contributed by atoms with Gasteiger partial charge >= 0.3 is 0 Å². The summed E-state index contributed by atoms with van der Waals surface area (Å²) in [6.07, 6.45) is 0. The largest absolute Gasteiger partial charge is 0.370 e. The fourth-order valence-corrected chi connectivity index (χ4v) is 5.70. The number of nitrogens with two attached hydrogens (primary N) is 2. The van der Waals surface area contributed by atoms with Crippen molar-refractivity contribution in [3.8, 4) is 0 Å². The number of thioether (sulfide) groups is 1. The van der Waals surface area contributed by atoms with E-state index in [9.17, 15) is 16.8 Å². The predicted molar refractivity (Wildman–Crippen MR) is 128 cm³/mol. The number of nitrogens with zero attached hydrogens (tertiary/aromatic N) is 3. The van der Waals surface area contributed by atoms with Crippen molar-refractivity contribution in [1.29, 1.82) is 0 Å². The highest BCUT2D eigenvalue weighted by Gasteiger charge is 2.20. The first-order valence-electron chi connectivity index (χ1n) is 8.96. The van der Waals surface area contributed by atoms with Gasteiger partial charge < -0.3 is 16.8 Å². The van der Waals surface area contributed by atoms with E-state index in [0.29, 0.717) is 23.2 Å². The van der Waals surface area contributed by atoms with Crippen molar-refractivity contribution in [3.05, 3.63) is 35.3 Å². The summed E-state index contributed by atoms with van der Waals surface area (Å²) in [6, 6.07) is 5.02. The summed E-state index contributed by atoms with van der Waals surface area (Å²) in [5.41, 5.74) is 11.5. The molecule has 12 nitrogen and oxygen atoms in total. The number of nitrogens with one attached hydrogen (secondary N) is 3. The van der Waals surface area contributed by atoms with Crippen LogP contribution >= 0.6 is 23.1 Å². The standard InChI is InChI=1S/C16H24N8O4S4/c1-19-15(21-6-7-29-9-11-10-30-16(22-11)23-14(17)18)24-32(27,28)13-5-3-4-12(8-13)31(25,26)20-2/h3-5,8,10,20H,6-7,9H2,1-2H3,(H2,19,21,24)(H4,17,18,22,23). The van der Waals surface area contributed by atoms with E-state index >= 15 is 0 Å². The lowest BCUT2D eigenvalue weighted by molar-refractivity contribution is 0.587. The van der Waals surface area contributed by atoms with Crippen molar-refractivity contribution in [2.45, 2.75) is 15.5 Å². The number of sulfonamides is 2. The fraction of sp³-hybridized carbons (Fsp3) is 0.312. The Kier molecular flexibility index (Phi) is 9.26. The molecule has 32 heavy (non-hydrogen) atoms. The third-order valence-electron chi connectivity index (χ3n) is 3.70. The Bertz CT molecular complexity index is 1190. The van der Waals surface area contributed by atoms with Gasteiger partial charge in [-0.05, 0) is 25.2 Å². The summed E-state index contributed by atoms with van der Waals surface area (Å²) in [5, 5.41) is 5.25. The Balaban J connectivity index is 1.89. The average molecular weight is 521 g/mol. The van der Waals surface area contributed by atoms with Gasteiger partial charge in [0.05, 0.1) is 15.5 Å². The molecule has 2 rings (SSSR count). The molecular formula is C16H24N8O4S4. The van der Waals surface area contributed by atoms with Gasteiger partial charge in [0.1, 0.15) is 0 Å². The molecule has 0 aliphatic rings. The molecule has 0 radical (unpaired) electrons. The predicted octanol–water partition coefficient (Wildman–Crippen LogP) is -0.257. The molecule has 0 atom stereocenters. The number of hydrogen-bond donors (Lipinski definition) is 5. The molecule has 0 bridgehead atoms. The molecule has 0 spiro atoms. The molecule has 0 saturated heterocycles. The summed E-state index contributed by atoms with van der Waals surface area (Å²) in [6.45, 7) is 0.429. The molecule has 0 fully saturated rings. The summed E-state index contributed by atoms with van der Waals surface area (Å²) in [5.74, 6) is 1.27. The molecule has 1 aromatic carbocycles. The van der Waals surface area contributed by atoms with Gasteiger partial charge in [-0.1, -0.05) is 6.07 Å². The molecule has 1 aromatic heterocycles. The van der Waals surface area contributed by atoms with Crippen molar-refractivity contribution < 1.29 is 16.8 Å². The number of guanidine groups is 2. The second-order valence-electron chi connectivity index (χ2n) is 6.00. The van der Waals surface area contributed by atoms with Crippen molar-refractivity contribution in [1.82, 2.24) is 19.7 Å². The van der Waals surface area contributed by atoms with Crippen LogP contribution in [0.25, 0.3) is 0 Å². The van der Waals surface area contributed by atoms with Crippen molar-refractivity contribution in [2.24, 2.45) is 21.5 Å². The van der Waals surface area contributed by atoms with E-state index in [1.807, 2.05) is 5.38 Å². The van der Waals surface area contributed by atoms with Crippen LogP contribution in [-0.2, 0) is 25.8 Å². The molecule has 176 valence electrons. The topological polar surface area (TPSA) is 194 Å². The van der Waals surface area contributed by atoms with E-state index in [2.05, 4.69) is 29.7 Å². The molecule has 7 N–H and O–H groups in total. The number of rotatable bonds is 10. The number of thiazole rings is 1. The summed E-state index contributed by atoms with van der Waals surface area (Å²) >= 11 is 2.91. The van der Waals surface area contributed by atoms with E-state index in [4.69, 9.17) is 11.5 Å². The van der Waals surface area contributed by atoms with E-state index in [1.54, 1.807) is 11.8 Å². The van der Waals surface area contributed by atoms with Gasteiger partial charge in [-0.25, -0.2) is 31.3 Å². The molecule has 1 heterocycles. The van der Waals surface area contributed by atoms with Crippen molar-refractivity contribution in [2.75, 3.05) is 26.4 Å². The van der Waals surface area contributed by atoms with Crippen molar-refractivity contribution >= 4 is 60.2 Å². The van der Waals surface area contributed by atoms with Crippen LogP contribution in [0, 0.1) is 0 Å². The lowest BCUT2D eigenvalue weighted by Gasteiger charge is -2.13. The van der Waals surface area contributed by atoms with Crippen LogP contribution in [0.15, 0.2) is 49.4 Å². The molecule has 0 saturated carbocycles. The van der Waals surface area contributed by atoms with Crippen LogP contribution in [0.2, 0.25) is 0 Å². The van der Waals surface area contributed by atoms with Crippen LogP contribution < -0.4 is 26.2 Å². The van der Waals surface area contributed by atoms with Crippen LogP contribution in [-0.4, -0.2) is 60.1 Å². The molecule has 0 amide bonds. The van der Waals surface area contributed by atoms with Gasteiger partial charge in [0.2, 0.25) is 21.1 Å². The summed E-state index contributed by atoms with van der Waals surface area (Å²) in [4.78, 5) is 11.7. The lowest BCUT2D eigenvalue weighted by atomic mass is 10.4. The smallest absolute Gasteiger partial charge is 0.264 e. The minimum atomic E-state index is -4.04. The van der Waals surface area contributed by atoms with Crippen LogP contribution in [0.1, 0.15) is 5.69 Å². The van der Waals surface area contributed by atoms with E-state index in [0.717, 1.165) is 11.8 Å². The van der Waals surface area contributed by atoms with Gasteiger partial charge in [-0.3, -0.25) is 4.99 Å². The van der Waals surface area contributed by atoms with Crippen LogP contribution in [0.5, 0.6) is 0 Å². The molecule has 16 heteroatoms. The highest BCUT2D eigenvalue weighted by molar-refractivity contribution is 7.98. The maximum Gasteiger partial charge on any atom is 0.264 e. The van der Waals surface area contributed by atoms with Gasteiger partial charge in [0.15, 0.2) is 5.96 Å². The quantitative estimate of drug-likeness (QED) is 0.159. The second kappa shape index (κ2) is 11.5. The normalized spacial score (nSPS) is 12.4. The monoisotopic (exact) mass is 520 g/mol. The highest BCUT2D eigenvalue weighted by atomic mass is 32.2. The maximum atomic E-state index is 12.6. The fourth-order valence-electron chi connectivity index (χ4n) is 2.22. The Morgan fingerprint density at radius 1 is 1.19 bits per heavy atom. The first-order valence-corrected chi connectivity index (χ1v) is 14.0. The molecule has 0 aliphatic carbocycles.